The standard InChI is InChI=1S/C11H16N2OS2/c1-7-5-15-11(12-7)16-6-10(14)13-8(2)9-3-4-9/h5,8-9H,3-4,6H2,1-2H3,(H,13,14). The molecule has 1 fully saturated rings. The van der Waals surface area contributed by atoms with E-state index in [4.69, 9.17) is 0 Å². The third-order valence-electron chi connectivity index (χ3n) is 2.64. The molecule has 0 saturated heterocycles. The molecule has 1 heterocycles. The van der Waals surface area contributed by atoms with Gasteiger partial charge >= 0.3 is 0 Å². The Hall–Kier alpha value is -0.550. The maximum Gasteiger partial charge on any atom is 0.230 e. The molecule has 2 rings (SSSR count). The third-order valence-corrected chi connectivity index (χ3v) is 4.78. The highest BCUT2D eigenvalue weighted by Gasteiger charge is 2.28. The molecule has 1 N–H and O–H groups in total. The Morgan fingerprint density at radius 2 is 2.50 bits per heavy atom. The molecular formula is C11H16N2OS2. The summed E-state index contributed by atoms with van der Waals surface area (Å²) in [7, 11) is 0. The molecule has 0 bridgehead atoms. The topological polar surface area (TPSA) is 42.0 Å². The molecule has 1 unspecified atom stereocenters. The van der Waals surface area contributed by atoms with E-state index in [-0.39, 0.29) is 5.91 Å². The lowest BCUT2D eigenvalue weighted by molar-refractivity contribution is -0.119. The van der Waals surface area contributed by atoms with E-state index in [9.17, 15) is 4.79 Å². The molecule has 0 spiro atoms. The third kappa shape index (κ3) is 3.49. The van der Waals surface area contributed by atoms with Crippen LogP contribution >= 0.6 is 23.1 Å². The van der Waals surface area contributed by atoms with E-state index in [2.05, 4.69) is 17.2 Å². The Kier molecular flexibility index (Phi) is 3.86. The number of hydrogen-bond donors (Lipinski definition) is 1. The first kappa shape index (κ1) is 11.9. The average Bonchev–Trinajstić information content (AvgIpc) is 3.00. The molecule has 1 saturated carbocycles. The summed E-state index contributed by atoms with van der Waals surface area (Å²) in [5.74, 6) is 1.32. The van der Waals surface area contributed by atoms with E-state index in [0.29, 0.717) is 11.8 Å². The minimum absolute atomic E-state index is 0.122. The normalized spacial score (nSPS) is 17.1. The van der Waals surface area contributed by atoms with Gasteiger partial charge in [0.25, 0.3) is 0 Å². The van der Waals surface area contributed by atoms with Gasteiger partial charge in [0.2, 0.25) is 5.91 Å². The second-order valence-electron chi connectivity index (χ2n) is 4.24. The van der Waals surface area contributed by atoms with E-state index >= 15 is 0 Å². The Morgan fingerprint density at radius 3 is 3.06 bits per heavy atom. The zero-order valence-corrected chi connectivity index (χ0v) is 11.2. The lowest BCUT2D eigenvalue weighted by Gasteiger charge is -2.11. The summed E-state index contributed by atoms with van der Waals surface area (Å²) in [6, 6.07) is 0.339. The van der Waals surface area contributed by atoms with Crippen LogP contribution in [0.1, 0.15) is 25.5 Å². The van der Waals surface area contributed by atoms with Crippen molar-refractivity contribution in [3.05, 3.63) is 11.1 Å². The first-order valence-corrected chi connectivity index (χ1v) is 7.36. The zero-order chi connectivity index (χ0) is 11.5. The minimum atomic E-state index is 0.122. The number of nitrogens with one attached hydrogen (secondary N) is 1. The van der Waals surface area contributed by atoms with Gasteiger partial charge in [0.15, 0.2) is 4.34 Å². The van der Waals surface area contributed by atoms with Crippen LogP contribution in [0.3, 0.4) is 0 Å². The lowest BCUT2D eigenvalue weighted by atomic mass is 10.2. The molecular weight excluding hydrogens is 240 g/mol. The molecule has 0 aromatic carbocycles. The molecule has 88 valence electrons. The van der Waals surface area contributed by atoms with Gasteiger partial charge in [0.1, 0.15) is 0 Å². The fraction of sp³-hybridized carbons (Fsp3) is 0.636. The largest absolute Gasteiger partial charge is 0.353 e. The quantitative estimate of drug-likeness (QED) is 0.823. The van der Waals surface area contributed by atoms with Crippen LogP contribution in [-0.2, 0) is 4.79 Å². The lowest BCUT2D eigenvalue weighted by Crippen LogP contribution is -2.35. The fourth-order valence-corrected chi connectivity index (χ4v) is 3.20. The highest BCUT2D eigenvalue weighted by atomic mass is 32.2. The number of rotatable bonds is 5. The number of thioether (sulfide) groups is 1. The monoisotopic (exact) mass is 256 g/mol. The van der Waals surface area contributed by atoms with Crippen molar-refractivity contribution in [3.63, 3.8) is 0 Å². The predicted molar refractivity (Wildman–Crippen MR) is 67.9 cm³/mol. The maximum atomic E-state index is 11.6. The Labute approximate surface area is 104 Å². The SMILES string of the molecule is Cc1csc(SCC(=O)NC(C)C2CC2)n1. The van der Waals surface area contributed by atoms with Crippen molar-refractivity contribution in [1.29, 1.82) is 0 Å². The Bertz CT molecular complexity index is 374. The molecule has 1 aromatic heterocycles. The average molecular weight is 256 g/mol. The highest BCUT2D eigenvalue weighted by molar-refractivity contribution is 8.01. The summed E-state index contributed by atoms with van der Waals surface area (Å²) in [6.45, 7) is 4.06. The van der Waals surface area contributed by atoms with Gasteiger partial charge in [-0.3, -0.25) is 4.79 Å². The van der Waals surface area contributed by atoms with Crippen LogP contribution in [0.4, 0.5) is 0 Å². The number of carbonyl (C=O) groups excluding carboxylic acids is 1. The predicted octanol–water partition coefficient (Wildman–Crippen LogP) is 2.46. The van der Waals surface area contributed by atoms with Crippen LogP contribution in [0.5, 0.6) is 0 Å². The van der Waals surface area contributed by atoms with Gasteiger partial charge in [-0.1, -0.05) is 11.8 Å². The molecule has 3 nitrogen and oxygen atoms in total. The molecule has 1 aliphatic rings. The van der Waals surface area contributed by atoms with Crippen LogP contribution in [0.15, 0.2) is 9.72 Å². The van der Waals surface area contributed by atoms with Gasteiger partial charge in [0.05, 0.1) is 5.75 Å². The second kappa shape index (κ2) is 5.19. The summed E-state index contributed by atoms with van der Waals surface area (Å²) < 4.78 is 0.978. The van der Waals surface area contributed by atoms with Crippen molar-refractivity contribution in [2.24, 2.45) is 5.92 Å². The molecule has 0 radical (unpaired) electrons. The van der Waals surface area contributed by atoms with Crippen molar-refractivity contribution >= 4 is 29.0 Å². The number of nitrogens with zero attached hydrogens (tertiary/aromatic N) is 1. The summed E-state index contributed by atoms with van der Waals surface area (Å²) in [6.07, 6.45) is 2.53. The van der Waals surface area contributed by atoms with E-state index in [1.165, 1.54) is 24.6 Å². The molecule has 16 heavy (non-hydrogen) atoms. The highest BCUT2D eigenvalue weighted by Crippen LogP contribution is 2.32. The van der Waals surface area contributed by atoms with E-state index in [1.807, 2.05) is 12.3 Å². The van der Waals surface area contributed by atoms with Gasteiger partial charge < -0.3 is 5.32 Å². The van der Waals surface area contributed by atoms with Gasteiger partial charge in [0, 0.05) is 17.1 Å². The maximum absolute atomic E-state index is 11.6. The number of carbonyl (C=O) groups is 1. The molecule has 1 aliphatic carbocycles. The Balaban J connectivity index is 1.70. The molecule has 1 amide bonds. The van der Waals surface area contributed by atoms with Crippen LogP contribution < -0.4 is 5.32 Å². The molecule has 1 aromatic rings. The summed E-state index contributed by atoms with van der Waals surface area (Å²) in [5, 5.41) is 5.04. The van der Waals surface area contributed by atoms with Crippen molar-refractivity contribution < 1.29 is 4.79 Å². The number of thiazole rings is 1. The van der Waals surface area contributed by atoms with Crippen molar-refractivity contribution in [2.45, 2.75) is 37.1 Å². The van der Waals surface area contributed by atoms with Crippen molar-refractivity contribution in [3.8, 4) is 0 Å². The van der Waals surface area contributed by atoms with E-state index < -0.39 is 0 Å². The van der Waals surface area contributed by atoms with Gasteiger partial charge in [-0.15, -0.1) is 11.3 Å². The summed E-state index contributed by atoms with van der Waals surface area (Å²) >= 11 is 3.12. The van der Waals surface area contributed by atoms with Gasteiger partial charge in [-0.2, -0.15) is 0 Å². The van der Waals surface area contributed by atoms with Crippen LogP contribution in [0.2, 0.25) is 0 Å². The van der Waals surface area contributed by atoms with Crippen molar-refractivity contribution in [1.82, 2.24) is 10.3 Å². The van der Waals surface area contributed by atoms with E-state index in [1.54, 1.807) is 11.3 Å². The Morgan fingerprint density at radius 1 is 1.75 bits per heavy atom. The van der Waals surface area contributed by atoms with Gasteiger partial charge in [-0.25, -0.2) is 4.98 Å². The zero-order valence-electron chi connectivity index (χ0n) is 9.53. The van der Waals surface area contributed by atoms with Gasteiger partial charge in [-0.05, 0) is 32.6 Å². The van der Waals surface area contributed by atoms with Crippen LogP contribution in [0.25, 0.3) is 0 Å². The molecule has 0 aliphatic heterocycles. The first-order chi connectivity index (χ1) is 7.65. The smallest absolute Gasteiger partial charge is 0.230 e. The van der Waals surface area contributed by atoms with Crippen molar-refractivity contribution in [2.75, 3.05) is 5.75 Å². The summed E-state index contributed by atoms with van der Waals surface area (Å²) in [4.78, 5) is 15.9. The number of hydrogen-bond acceptors (Lipinski definition) is 4. The minimum Gasteiger partial charge on any atom is -0.353 e. The van der Waals surface area contributed by atoms with Crippen LogP contribution in [-0.4, -0.2) is 22.7 Å². The van der Waals surface area contributed by atoms with Crippen LogP contribution in [0, 0.1) is 12.8 Å². The summed E-state index contributed by atoms with van der Waals surface area (Å²) in [5.41, 5.74) is 1.03. The first-order valence-electron chi connectivity index (χ1n) is 5.49. The second-order valence-corrected chi connectivity index (χ2v) is 6.32. The number of aromatic nitrogens is 1. The fourth-order valence-electron chi connectivity index (χ4n) is 1.54. The van der Waals surface area contributed by atoms with E-state index in [0.717, 1.165) is 16.0 Å². The number of amides is 1. The number of aryl methyl sites for hydroxylation is 1. The molecule has 5 heteroatoms. The molecule has 1 atom stereocenters.